The predicted molar refractivity (Wildman–Crippen MR) is 89.4 cm³/mol. The molecule has 0 saturated carbocycles. The fourth-order valence-electron chi connectivity index (χ4n) is 2.16. The van der Waals surface area contributed by atoms with Crippen LogP contribution in [0.3, 0.4) is 0 Å². The van der Waals surface area contributed by atoms with E-state index in [4.69, 9.17) is 4.74 Å². The molecule has 0 aliphatic heterocycles. The molecule has 0 radical (unpaired) electrons. The summed E-state index contributed by atoms with van der Waals surface area (Å²) in [7, 11) is 1.94. The van der Waals surface area contributed by atoms with Crippen LogP contribution in [0.4, 0.5) is 0 Å². The maximum Gasteiger partial charge on any atom is 0.167 e. The number of aliphatic hydroxyl groups excluding tert-OH is 1. The quantitative estimate of drug-likeness (QED) is 0.710. The third-order valence-corrected chi connectivity index (χ3v) is 4.55. The summed E-state index contributed by atoms with van der Waals surface area (Å²) in [4.78, 5) is 4.21. The Morgan fingerprint density at radius 1 is 1.23 bits per heavy atom. The molecule has 3 aromatic rings. The lowest BCUT2D eigenvalue weighted by atomic mass is 10.1. The Morgan fingerprint density at radius 3 is 2.82 bits per heavy atom. The van der Waals surface area contributed by atoms with Gasteiger partial charge in [0, 0.05) is 25.2 Å². The highest BCUT2D eigenvalue weighted by molar-refractivity contribution is 7.99. The van der Waals surface area contributed by atoms with Crippen molar-refractivity contribution in [3.63, 3.8) is 0 Å². The molecular formula is C17H18N2O2S. The van der Waals surface area contributed by atoms with Crippen molar-refractivity contribution in [3.05, 3.63) is 54.9 Å². The van der Waals surface area contributed by atoms with Gasteiger partial charge in [-0.25, -0.2) is 4.98 Å². The van der Waals surface area contributed by atoms with Crippen LogP contribution in [0, 0.1) is 0 Å². The minimum atomic E-state index is -0.534. The summed E-state index contributed by atoms with van der Waals surface area (Å²) in [6.45, 7) is 0.274. The maximum absolute atomic E-state index is 10.0. The minimum absolute atomic E-state index is 0.274. The molecule has 4 nitrogen and oxygen atoms in total. The average molecular weight is 314 g/mol. The van der Waals surface area contributed by atoms with Gasteiger partial charge in [-0.3, -0.25) is 0 Å². The van der Waals surface area contributed by atoms with Crippen molar-refractivity contribution in [1.82, 2.24) is 9.55 Å². The highest BCUT2D eigenvalue weighted by Crippen LogP contribution is 2.21. The van der Waals surface area contributed by atoms with Gasteiger partial charge in [0.1, 0.15) is 12.4 Å². The molecule has 1 aromatic heterocycles. The van der Waals surface area contributed by atoms with Gasteiger partial charge < -0.3 is 14.4 Å². The van der Waals surface area contributed by atoms with Crippen LogP contribution in [0.15, 0.2) is 60.0 Å². The first kappa shape index (κ1) is 14.9. The van der Waals surface area contributed by atoms with Crippen molar-refractivity contribution in [2.45, 2.75) is 11.3 Å². The van der Waals surface area contributed by atoms with Crippen molar-refractivity contribution < 1.29 is 9.84 Å². The van der Waals surface area contributed by atoms with Crippen molar-refractivity contribution in [3.8, 4) is 5.75 Å². The second kappa shape index (κ2) is 6.85. The van der Waals surface area contributed by atoms with E-state index in [1.807, 2.05) is 48.1 Å². The number of hydrogen-bond donors (Lipinski definition) is 1. The summed E-state index contributed by atoms with van der Waals surface area (Å²) in [6, 6.07) is 14.1. The zero-order chi connectivity index (χ0) is 15.4. The van der Waals surface area contributed by atoms with E-state index >= 15 is 0 Å². The fourth-order valence-corrected chi connectivity index (χ4v) is 3.00. The van der Waals surface area contributed by atoms with Gasteiger partial charge in [-0.05, 0) is 22.9 Å². The number of ether oxygens (including phenoxy) is 1. The molecule has 0 aliphatic rings. The van der Waals surface area contributed by atoms with Gasteiger partial charge in [0.25, 0.3) is 0 Å². The molecule has 0 aliphatic carbocycles. The van der Waals surface area contributed by atoms with E-state index in [1.54, 1.807) is 6.20 Å². The van der Waals surface area contributed by atoms with Gasteiger partial charge in [-0.15, -0.1) is 0 Å². The summed E-state index contributed by atoms with van der Waals surface area (Å²) < 4.78 is 7.62. The topological polar surface area (TPSA) is 47.3 Å². The molecule has 0 spiro atoms. The molecule has 5 heteroatoms. The zero-order valence-electron chi connectivity index (χ0n) is 12.3. The van der Waals surface area contributed by atoms with Crippen molar-refractivity contribution in [2.24, 2.45) is 7.05 Å². The fraction of sp³-hybridized carbons (Fsp3) is 0.235. The third-order valence-electron chi connectivity index (χ3n) is 3.35. The number of imidazole rings is 1. The minimum Gasteiger partial charge on any atom is -0.491 e. The van der Waals surface area contributed by atoms with Gasteiger partial charge in [0.15, 0.2) is 5.16 Å². The third kappa shape index (κ3) is 3.61. The van der Waals surface area contributed by atoms with Crippen LogP contribution >= 0.6 is 11.8 Å². The van der Waals surface area contributed by atoms with Crippen LogP contribution < -0.4 is 4.74 Å². The number of thioether (sulfide) groups is 1. The Hall–Kier alpha value is -1.98. The van der Waals surface area contributed by atoms with Gasteiger partial charge in [-0.1, -0.05) is 42.1 Å². The molecular weight excluding hydrogens is 296 g/mol. The molecule has 114 valence electrons. The Labute approximate surface area is 133 Å². The number of hydrogen-bond acceptors (Lipinski definition) is 4. The summed E-state index contributed by atoms with van der Waals surface area (Å²) in [5, 5.41) is 13.2. The Balaban J connectivity index is 1.53. The molecule has 22 heavy (non-hydrogen) atoms. The second-order valence-electron chi connectivity index (χ2n) is 5.11. The molecule has 2 aromatic carbocycles. The van der Waals surface area contributed by atoms with Gasteiger partial charge in [0.05, 0.1) is 6.10 Å². The van der Waals surface area contributed by atoms with E-state index in [1.165, 1.54) is 17.1 Å². The van der Waals surface area contributed by atoms with Gasteiger partial charge >= 0.3 is 0 Å². The predicted octanol–water partition coefficient (Wildman–Crippen LogP) is 3.11. The Kier molecular flexibility index (Phi) is 4.65. The van der Waals surface area contributed by atoms with E-state index in [-0.39, 0.29) is 6.61 Å². The number of aliphatic hydroxyl groups is 1. The van der Waals surface area contributed by atoms with Crippen LogP contribution in [0.1, 0.15) is 0 Å². The van der Waals surface area contributed by atoms with Crippen LogP contribution in [0.2, 0.25) is 0 Å². The maximum atomic E-state index is 10.0. The lowest BCUT2D eigenvalue weighted by Crippen LogP contribution is -2.20. The van der Waals surface area contributed by atoms with E-state index in [0.717, 1.165) is 16.3 Å². The first-order valence-corrected chi connectivity index (χ1v) is 8.11. The molecule has 1 heterocycles. The highest BCUT2D eigenvalue weighted by Gasteiger charge is 2.09. The van der Waals surface area contributed by atoms with Gasteiger partial charge in [-0.2, -0.15) is 0 Å². The summed E-state index contributed by atoms with van der Waals surface area (Å²) in [5.74, 6) is 1.33. The van der Waals surface area contributed by atoms with Gasteiger partial charge in [0.2, 0.25) is 0 Å². The van der Waals surface area contributed by atoms with E-state index in [9.17, 15) is 5.11 Å². The van der Waals surface area contributed by atoms with E-state index < -0.39 is 6.10 Å². The molecule has 0 fully saturated rings. The van der Waals surface area contributed by atoms with Crippen LogP contribution in [-0.4, -0.2) is 33.1 Å². The zero-order valence-corrected chi connectivity index (χ0v) is 13.2. The molecule has 3 rings (SSSR count). The number of aromatic nitrogens is 2. The number of fused-ring (bicyclic) bond motifs is 1. The normalized spacial score (nSPS) is 12.5. The summed E-state index contributed by atoms with van der Waals surface area (Å²) in [6.07, 6.45) is 3.11. The standard InChI is InChI=1S/C17H18N2O2S/c1-19-9-8-18-17(19)22-12-15(20)11-21-16-7-6-13-4-2-3-5-14(13)10-16/h2-10,15,20H,11-12H2,1H3/t15-/m1/s1. The second-order valence-corrected chi connectivity index (χ2v) is 6.09. The lowest BCUT2D eigenvalue weighted by molar-refractivity contribution is 0.126. The van der Waals surface area contributed by atoms with Crippen molar-refractivity contribution in [2.75, 3.05) is 12.4 Å². The van der Waals surface area contributed by atoms with E-state index in [0.29, 0.717) is 5.75 Å². The summed E-state index contributed by atoms with van der Waals surface area (Å²) in [5.41, 5.74) is 0. The molecule has 1 N–H and O–H groups in total. The lowest BCUT2D eigenvalue weighted by Gasteiger charge is -2.12. The molecule has 0 unspecified atom stereocenters. The monoisotopic (exact) mass is 314 g/mol. The Morgan fingerprint density at radius 2 is 2.05 bits per heavy atom. The van der Waals surface area contributed by atoms with Crippen LogP contribution in [0.5, 0.6) is 5.75 Å². The molecule has 1 atom stereocenters. The number of rotatable bonds is 6. The first-order valence-electron chi connectivity index (χ1n) is 7.12. The van der Waals surface area contributed by atoms with Crippen LogP contribution in [0.25, 0.3) is 10.8 Å². The van der Waals surface area contributed by atoms with Crippen LogP contribution in [-0.2, 0) is 7.05 Å². The Bertz CT molecular complexity index is 757. The van der Waals surface area contributed by atoms with E-state index in [2.05, 4.69) is 17.1 Å². The SMILES string of the molecule is Cn1ccnc1SC[C@H](O)COc1ccc2ccccc2c1. The molecule has 0 bridgehead atoms. The highest BCUT2D eigenvalue weighted by atomic mass is 32.2. The first-order chi connectivity index (χ1) is 10.7. The molecule has 0 amide bonds. The average Bonchev–Trinajstić information content (AvgIpc) is 2.96. The number of benzene rings is 2. The summed E-state index contributed by atoms with van der Waals surface area (Å²) >= 11 is 1.52. The smallest absolute Gasteiger partial charge is 0.167 e. The number of nitrogens with zero attached hydrogens (tertiary/aromatic N) is 2. The molecule has 0 saturated heterocycles. The van der Waals surface area contributed by atoms with Crippen molar-refractivity contribution in [1.29, 1.82) is 0 Å². The van der Waals surface area contributed by atoms with Crippen molar-refractivity contribution >= 4 is 22.5 Å². The largest absolute Gasteiger partial charge is 0.491 e. The number of aryl methyl sites for hydroxylation is 1.